The van der Waals surface area contributed by atoms with Gasteiger partial charge in [-0.05, 0) is 47.7 Å². The van der Waals surface area contributed by atoms with Gasteiger partial charge in [-0.1, -0.05) is 0 Å². The molecule has 6 heteroatoms. The zero-order valence-electron chi connectivity index (χ0n) is 11.7. The Morgan fingerprint density at radius 2 is 2.10 bits per heavy atom. The van der Waals surface area contributed by atoms with Gasteiger partial charge in [0, 0.05) is 35.7 Å². The molecule has 1 saturated carbocycles. The molecule has 110 valence electrons. The largest absolute Gasteiger partial charge is 0.355 e. The summed E-state index contributed by atoms with van der Waals surface area (Å²) in [5.74, 6) is 1.22. The lowest BCUT2D eigenvalue weighted by Gasteiger charge is -2.33. The molecule has 0 radical (unpaired) electrons. The quantitative estimate of drug-likeness (QED) is 0.909. The number of nitrogens with one attached hydrogen (secondary N) is 1. The van der Waals surface area contributed by atoms with Crippen LogP contribution >= 0.6 is 15.9 Å². The van der Waals surface area contributed by atoms with Gasteiger partial charge in [0.05, 0.1) is 5.56 Å². The molecule has 2 aliphatic rings. The van der Waals surface area contributed by atoms with Crippen LogP contribution in [0.4, 0.5) is 5.82 Å². The monoisotopic (exact) mass is 348 g/mol. The second-order valence-corrected chi connectivity index (χ2v) is 6.60. The Labute approximate surface area is 132 Å². The second kappa shape index (κ2) is 6.02. The maximum atomic E-state index is 11.8. The third-order valence-electron chi connectivity index (χ3n) is 4.04. The number of aromatic nitrogens is 1. The molecule has 1 aromatic heterocycles. The summed E-state index contributed by atoms with van der Waals surface area (Å²) in [7, 11) is 0. The number of carbonyl (C=O) groups is 1. The van der Waals surface area contributed by atoms with Crippen molar-refractivity contribution in [3.05, 3.63) is 22.3 Å². The number of piperidine rings is 1. The Morgan fingerprint density at radius 1 is 1.38 bits per heavy atom. The highest BCUT2D eigenvalue weighted by Crippen LogP contribution is 2.29. The number of rotatable bonds is 3. The van der Waals surface area contributed by atoms with Crippen LogP contribution in [0.1, 0.15) is 31.2 Å². The number of pyridine rings is 1. The van der Waals surface area contributed by atoms with Crippen LogP contribution in [0.2, 0.25) is 0 Å². The minimum atomic E-state index is 0.216. The van der Waals surface area contributed by atoms with Gasteiger partial charge in [-0.15, -0.1) is 0 Å². The molecule has 0 atom stereocenters. The lowest BCUT2D eigenvalue weighted by molar-refractivity contribution is -0.123. The molecule has 1 N–H and O–H groups in total. The number of carbonyl (C=O) groups excluding carboxylic acids is 1. The highest BCUT2D eigenvalue weighted by atomic mass is 79.9. The van der Waals surface area contributed by atoms with Crippen molar-refractivity contribution in [1.82, 2.24) is 10.3 Å². The minimum absolute atomic E-state index is 0.216. The molecule has 5 nitrogen and oxygen atoms in total. The van der Waals surface area contributed by atoms with E-state index in [0.29, 0.717) is 5.56 Å². The number of hydrogen-bond acceptors (Lipinski definition) is 4. The smallest absolute Gasteiger partial charge is 0.223 e. The zero-order chi connectivity index (χ0) is 14.8. The fraction of sp³-hybridized carbons (Fsp3) is 0.533. The fourth-order valence-electron chi connectivity index (χ4n) is 2.67. The predicted octanol–water partition coefficient (Wildman–Crippen LogP) is 2.21. The summed E-state index contributed by atoms with van der Waals surface area (Å²) in [4.78, 5) is 18.3. The highest BCUT2D eigenvalue weighted by Gasteiger charge is 2.32. The summed E-state index contributed by atoms with van der Waals surface area (Å²) in [6, 6.07) is 4.25. The maximum Gasteiger partial charge on any atom is 0.223 e. The molecule has 1 saturated heterocycles. The third kappa shape index (κ3) is 3.35. The summed E-state index contributed by atoms with van der Waals surface area (Å²) in [5, 5.41) is 12.3. The highest BCUT2D eigenvalue weighted by molar-refractivity contribution is 9.10. The number of nitrogens with zero attached hydrogens (tertiary/aromatic N) is 3. The van der Waals surface area contributed by atoms with E-state index in [1.54, 1.807) is 12.3 Å². The number of hydrogen-bond donors (Lipinski definition) is 1. The van der Waals surface area contributed by atoms with Crippen molar-refractivity contribution in [2.75, 3.05) is 18.0 Å². The normalized spacial score (nSPS) is 19.1. The van der Waals surface area contributed by atoms with Crippen molar-refractivity contribution < 1.29 is 4.79 Å². The van der Waals surface area contributed by atoms with Gasteiger partial charge in [-0.25, -0.2) is 4.98 Å². The van der Waals surface area contributed by atoms with E-state index >= 15 is 0 Å². The first-order valence-electron chi connectivity index (χ1n) is 7.28. The van der Waals surface area contributed by atoms with Gasteiger partial charge < -0.3 is 10.2 Å². The fourth-order valence-corrected chi connectivity index (χ4v) is 3.00. The van der Waals surface area contributed by atoms with Crippen molar-refractivity contribution in [1.29, 1.82) is 5.26 Å². The van der Waals surface area contributed by atoms with E-state index in [2.05, 4.69) is 37.2 Å². The Morgan fingerprint density at radius 3 is 2.71 bits per heavy atom. The van der Waals surface area contributed by atoms with Gasteiger partial charge in [0.1, 0.15) is 11.9 Å². The van der Waals surface area contributed by atoms with Crippen LogP contribution in [-0.2, 0) is 4.79 Å². The average molecular weight is 349 g/mol. The van der Waals surface area contributed by atoms with E-state index in [-0.39, 0.29) is 17.9 Å². The zero-order valence-corrected chi connectivity index (χ0v) is 13.3. The van der Waals surface area contributed by atoms with Gasteiger partial charge >= 0.3 is 0 Å². The molecule has 0 spiro atoms. The molecule has 0 aromatic carbocycles. The van der Waals surface area contributed by atoms with Crippen molar-refractivity contribution in [3.8, 4) is 6.07 Å². The SMILES string of the molecule is N#Cc1cc(Br)cnc1N1CCC(NC(=O)C2CC2)CC1. The Hall–Kier alpha value is -1.61. The van der Waals surface area contributed by atoms with Crippen LogP contribution in [0, 0.1) is 17.2 Å². The van der Waals surface area contributed by atoms with Crippen LogP contribution in [0.15, 0.2) is 16.7 Å². The van der Waals surface area contributed by atoms with Gasteiger partial charge in [0.25, 0.3) is 0 Å². The van der Waals surface area contributed by atoms with Gasteiger partial charge in [-0.2, -0.15) is 5.26 Å². The summed E-state index contributed by atoms with van der Waals surface area (Å²) in [6.45, 7) is 1.64. The molecule has 2 fully saturated rings. The van der Waals surface area contributed by atoms with E-state index in [9.17, 15) is 10.1 Å². The molecular weight excluding hydrogens is 332 g/mol. The van der Waals surface area contributed by atoms with Crippen LogP contribution in [0.25, 0.3) is 0 Å². The molecule has 1 aliphatic carbocycles. The first kappa shape index (κ1) is 14.3. The molecule has 1 aliphatic heterocycles. The third-order valence-corrected chi connectivity index (χ3v) is 4.48. The number of anilines is 1. The molecule has 2 heterocycles. The second-order valence-electron chi connectivity index (χ2n) is 5.68. The van der Waals surface area contributed by atoms with Gasteiger partial charge in [0.15, 0.2) is 0 Å². The van der Waals surface area contributed by atoms with E-state index in [0.717, 1.165) is 49.1 Å². The summed E-state index contributed by atoms with van der Waals surface area (Å²) in [6.07, 6.45) is 5.61. The summed E-state index contributed by atoms with van der Waals surface area (Å²) < 4.78 is 0.814. The van der Waals surface area contributed by atoms with Crippen molar-refractivity contribution >= 4 is 27.7 Å². The van der Waals surface area contributed by atoms with Crippen molar-refractivity contribution in [2.45, 2.75) is 31.7 Å². The van der Waals surface area contributed by atoms with Crippen LogP contribution in [0.5, 0.6) is 0 Å². The molecule has 1 amide bonds. The minimum Gasteiger partial charge on any atom is -0.355 e. The first-order valence-corrected chi connectivity index (χ1v) is 8.07. The van der Waals surface area contributed by atoms with Gasteiger partial charge in [0.2, 0.25) is 5.91 Å². The molecular formula is C15H17BrN4O. The Kier molecular flexibility index (Phi) is 4.11. The molecule has 0 unspecified atom stereocenters. The standard InChI is InChI=1S/C15H17BrN4O/c16-12-7-11(8-17)14(18-9-12)20-5-3-13(4-6-20)19-15(21)10-1-2-10/h7,9-10,13H,1-6H2,(H,19,21). The Balaban J connectivity index is 1.60. The van der Waals surface area contributed by atoms with Gasteiger partial charge in [-0.3, -0.25) is 4.79 Å². The number of nitriles is 1. The van der Waals surface area contributed by atoms with Crippen molar-refractivity contribution in [2.24, 2.45) is 5.92 Å². The number of amides is 1. The topological polar surface area (TPSA) is 69.0 Å². The average Bonchev–Trinajstić information content (AvgIpc) is 3.33. The molecule has 3 rings (SSSR count). The van der Waals surface area contributed by atoms with Crippen molar-refractivity contribution in [3.63, 3.8) is 0 Å². The number of halogens is 1. The lowest BCUT2D eigenvalue weighted by Crippen LogP contribution is -2.45. The van der Waals surface area contributed by atoms with Crippen LogP contribution in [0.3, 0.4) is 0 Å². The van der Waals surface area contributed by atoms with Crippen LogP contribution < -0.4 is 10.2 Å². The van der Waals surface area contributed by atoms with E-state index in [1.807, 2.05) is 0 Å². The summed E-state index contributed by atoms with van der Waals surface area (Å²) >= 11 is 3.34. The summed E-state index contributed by atoms with van der Waals surface area (Å²) in [5.41, 5.74) is 0.588. The first-order chi connectivity index (χ1) is 10.2. The molecule has 0 bridgehead atoms. The van der Waals surface area contributed by atoms with Crippen LogP contribution in [-0.4, -0.2) is 30.0 Å². The predicted molar refractivity (Wildman–Crippen MR) is 82.8 cm³/mol. The molecule has 21 heavy (non-hydrogen) atoms. The van der Waals surface area contributed by atoms with E-state index in [4.69, 9.17) is 0 Å². The molecule has 1 aromatic rings. The van der Waals surface area contributed by atoms with E-state index < -0.39 is 0 Å². The van der Waals surface area contributed by atoms with E-state index in [1.165, 1.54) is 0 Å². The lowest BCUT2D eigenvalue weighted by atomic mass is 10.0. The Bertz CT molecular complexity index is 586. The maximum absolute atomic E-state index is 11.8.